The van der Waals surface area contributed by atoms with Crippen molar-refractivity contribution >= 4 is 17.7 Å². The van der Waals surface area contributed by atoms with Crippen LogP contribution < -0.4 is 0 Å². The summed E-state index contributed by atoms with van der Waals surface area (Å²) in [6, 6.07) is 18.0. The van der Waals surface area contributed by atoms with Crippen molar-refractivity contribution < 1.29 is 4.79 Å². The maximum atomic E-state index is 12.9. The van der Waals surface area contributed by atoms with E-state index in [1.165, 1.54) is 22.9 Å². The van der Waals surface area contributed by atoms with Gasteiger partial charge in [0.1, 0.15) is 0 Å². The van der Waals surface area contributed by atoms with Crippen molar-refractivity contribution in [3.05, 3.63) is 65.7 Å². The van der Waals surface area contributed by atoms with E-state index in [1.807, 2.05) is 48.2 Å². The Morgan fingerprint density at radius 1 is 1.08 bits per heavy atom. The highest BCUT2D eigenvalue weighted by molar-refractivity contribution is 8.00. The number of hydrogen-bond donors (Lipinski definition) is 0. The van der Waals surface area contributed by atoms with Crippen LogP contribution in [0.1, 0.15) is 18.1 Å². The number of tetrazole rings is 1. The Kier molecular flexibility index (Phi) is 4.71. The van der Waals surface area contributed by atoms with Crippen LogP contribution in [0.2, 0.25) is 0 Å². The highest BCUT2D eigenvalue weighted by atomic mass is 32.2. The molecule has 3 aromatic rings. The van der Waals surface area contributed by atoms with Gasteiger partial charge in [-0.15, -0.1) is 5.10 Å². The highest BCUT2D eigenvalue weighted by Crippen LogP contribution is 2.26. The standard InChI is InChI=1S/C19H19N5OS/c1-14(18(25)23-12-11-15-7-5-6-8-16(15)13-23)26-19-20-21-22-24(19)17-9-3-2-4-10-17/h2-10,14H,11-13H2,1H3/t14-/m0/s1. The van der Waals surface area contributed by atoms with E-state index in [0.29, 0.717) is 11.7 Å². The number of para-hydroxylation sites is 1. The Morgan fingerprint density at radius 2 is 1.81 bits per heavy atom. The first-order chi connectivity index (χ1) is 12.7. The summed E-state index contributed by atoms with van der Waals surface area (Å²) in [5.74, 6) is 0.118. The van der Waals surface area contributed by atoms with Gasteiger partial charge in [-0.1, -0.05) is 54.2 Å². The molecule has 6 nitrogen and oxygen atoms in total. The van der Waals surface area contributed by atoms with Crippen LogP contribution in [-0.2, 0) is 17.8 Å². The van der Waals surface area contributed by atoms with E-state index in [2.05, 4.69) is 33.7 Å². The second-order valence-corrected chi connectivity index (χ2v) is 7.56. The minimum atomic E-state index is -0.256. The van der Waals surface area contributed by atoms with Gasteiger partial charge >= 0.3 is 0 Å². The van der Waals surface area contributed by atoms with Crippen molar-refractivity contribution in [1.29, 1.82) is 0 Å². The lowest BCUT2D eigenvalue weighted by molar-refractivity contribution is -0.131. The van der Waals surface area contributed by atoms with Crippen LogP contribution in [0.3, 0.4) is 0 Å². The molecule has 0 saturated heterocycles. The molecule has 0 bridgehead atoms. The molecular weight excluding hydrogens is 346 g/mol. The fourth-order valence-electron chi connectivity index (χ4n) is 3.13. The van der Waals surface area contributed by atoms with Crippen molar-refractivity contribution in [2.24, 2.45) is 0 Å². The molecule has 0 fully saturated rings. The fourth-order valence-corrected chi connectivity index (χ4v) is 4.02. The molecule has 1 aliphatic heterocycles. The largest absolute Gasteiger partial charge is 0.337 e. The number of thioether (sulfide) groups is 1. The fraction of sp³-hybridized carbons (Fsp3) is 0.263. The van der Waals surface area contributed by atoms with Crippen molar-refractivity contribution in [3.63, 3.8) is 0 Å². The average Bonchev–Trinajstić information content (AvgIpc) is 3.15. The first-order valence-electron chi connectivity index (χ1n) is 8.58. The smallest absolute Gasteiger partial charge is 0.236 e. The van der Waals surface area contributed by atoms with E-state index >= 15 is 0 Å². The number of fused-ring (bicyclic) bond motifs is 1. The third-order valence-corrected chi connectivity index (χ3v) is 5.53. The number of carbonyl (C=O) groups excluding carboxylic acids is 1. The monoisotopic (exact) mass is 365 g/mol. The second kappa shape index (κ2) is 7.29. The zero-order chi connectivity index (χ0) is 17.9. The first-order valence-corrected chi connectivity index (χ1v) is 9.46. The van der Waals surface area contributed by atoms with Gasteiger partial charge in [-0.25, -0.2) is 0 Å². The summed E-state index contributed by atoms with van der Waals surface area (Å²) in [6.45, 7) is 3.34. The van der Waals surface area contributed by atoms with E-state index < -0.39 is 0 Å². The van der Waals surface area contributed by atoms with Crippen LogP contribution in [-0.4, -0.2) is 42.8 Å². The molecule has 0 N–H and O–H groups in total. The molecule has 26 heavy (non-hydrogen) atoms. The van der Waals surface area contributed by atoms with Crippen LogP contribution in [0.5, 0.6) is 0 Å². The number of amides is 1. The molecule has 0 spiro atoms. The Labute approximate surface area is 156 Å². The van der Waals surface area contributed by atoms with Crippen LogP contribution in [0.4, 0.5) is 0 Å². The average molecular weight is 365 g/mol. The lowest BCUT2D eigenvalue weighted by Crippen LogP contribution is -2.40. The van der Waals surface area contributed by atoms with Gasteiger partial charge < -0.3 is 4.90 Å². The summed E-state index contributed by atoms with van der Waals surface area (Å²) in [6.07, 6.45) is 0.904. The highest BCUT2D eigenvalue weighted by Gasteiger charge is 2.26. The Hall–Kier alpha value is -2.67. The molecule has 0 saturated carbocycles. The Bertz CT molecular complexity index is 911. The molecule has 2 heterocycles. The zero-order valence-corrected chi connectivity index (χ0v) is 15.3. The Balaban J connectivity index is 1.47. The second-order valence-electron chi connectivity index (χ2n) is 6.25. The zero-order valence-electron chi connectivity index (χ0n) is 14.4. The molecule has 2 aromatic carbocycles. The first kappa shape index (κ1) is 16.8. The topological polar surface area (TPSA) is 63.9 Å². The van der Waals surface area contributed by atoms with Gasteiger partial charge in [0.25, 0.3) is 0 Å². The van der Waals surface area contributed by atoms with Crippen LogP contribution in [0, 0.1) is 0 Å². The molecule has 1 atom stereocenters. The van der Waals surface area contributed by atoms with E-state index in [4.69, 9.17) is 0 Å². The molecule has 7 heteroatoms. The maximum Gasteiger partial charge on any atom is 0.236 e. The number of rotatable bonds is 4. The molecule has 132 valence electrons. The van der Waals surface area contributed by atoms with E-state index in [-0.39, 0.29) is 11.2 Å². The SMILES string of the molecule is C[C@H](Sc1nnnn1-c1ccccc1)C(=O)N1CCc2ccccc2C1. The van der Waals surface area contributed by atoms with Crippen LogP contribution >= 0.6 is 11.8 Å². The minimum absolute atomic E-state index is 0.118. The number of aromatic nitrogens is 4. The normalized spacial score (nSPS) is 14.7. The van der Waals surface area contributed by atoms with Crippen molar-refractivity contribution in [2.45, 2.75) is 30.3 Å². The molecule has 0 aliphatic carbocycles. The summed E-state index contributed by atoms with van der Waals surface area (Å²) < 4.78 is 1.67. The van der Waals surface area contributed by atoms with Crippen molar-refractivity contribution in [3.8, 4) is 5.69 Å². The lowest BCUT2D eigenvalue weighted by atomic mass is 10.00. The third kappa shape index (κ3) is 3.35. The number of nitrogens with zero attached hydrogens (tertiary/aromatic N) is 5. The predicted molar refractivity (Wildman–Crippen MR) is 100 cm³/mol. The third-order valence-electron chi connectivity index (χ3n) is 4.51. The van der Waals surface area contributed by atoms with Gasteiger partial charge in [-0.05, 0) is 47.0 Å². The number of benzene rings is 2. The quantitative estimate of drug-likeness (QED) is 0.665. The molecule has 1 amide bonds. The molecular formula is C19H19N5OS. The summed E-state index contributed by atoms with van der Waals surface area (Å²) in [7, 11) is 0. The summed E-state index contributed by atoms with van der Waals surface area (Å²) >= 11 is 1.39. The van der Waals surface area contributed by atoms with Crippen LogP contribution in [0.15, 0.2) is 59.8 Å². The molecule has 4 rings (SSSR count). The predicted octanol–water partition coefficient (Wildman–Crippen LogP) is 2.73. The minimum Gasteiger partial charge on any atom is -0.337 e. The van der Waals surface area contributed by atoms with Crippen molar-refractivity contribution in [1.82, 2.24) is 25.1 Å². The number of hydrogen-bond acceptors (Lipinski definition) is 5. The maximum absolute atomic E-state index is 12.9. The summed E-state index contributed by atoms with van der Waals surface area (Å²) in [5.41, 5.74) is 3.45. The lowest BCUT2D eigenvalue weighted by Gasteiger charge is -2.30. The van der Waals surface area contributed by atoms with Gasteiger partial charge in [0, 0.05) is 13.1 Å². The molecule has 1 aliphatic rings. The van der Waals surface area contributed by atoms with Gasteiger partial charge in [0.15, 0.2) is 0 Å². The van der Waals surface area contributed by atoms with Crippen LogP contribution in [0.25, 0.3) is 5.69 Å². The van der Waals surface area contributed by atoms with E-state index in [9.17, 15) is 4.79 Å². The van der Waals surface area contributed by atoms with E-state index in [0.717, 1.165) is 18.7 Å². The van der Waals surface area contributed by atoms with E-state index in [1.54, 1.807) is 4.68 Å². The van der Waals surface area contributed by atoms with Crippen molar-refractivity contribution in [2.75, 3.05) is 6.54 Å². The number of carbonyl (C=O) groups is 1. The van der Waals surface area contributed by atoms with Gasteiger partial charge in [-0.2, -0.15) is 4.68 Å². The van der Waals surface area contributed by atoms with Gasteiger partial charge in [0.2, 0.25) is 11.1 Å². The summed E-state index contributed by atoms with van der Waals surface area (Å²) in [4.78, 5) is 14.8. The molecule has 1 aromatic heterocycles. The van der Waals surface area contributed by atoms with Gasteiger partial charge in [0.05, 0.1) is 10.9 Å². The molecule has 0 radical (unpaired) electrons. The summed E-state index contributed by atoms with van der Waals surface area (Å²) in [5, 5.41) is 12.3. The molecule has 0 unspecified atom stereocenters. The Morgan fingerprint density at radius 3 is 2.62 bits per heavy atom. The van der Waals surface area contributed by atoms with Gasteiger partial charge in [-0.3, -0.25) is 4.79 Å².